The van der Waals surface area contributed by atoms with Crippen LogP contribution >= 0.6 is 11.6 Å². The molecule has 0 spiro atoms. The number of hydrogen-bond donors (Lipinski definition) is 0. The number of piperidine rings is 1. The number of ether oxygens (including phenoxy) is 1. The van der Waals surface area contributed by atoms with Crippen LogP contribution in [0.25, 0.3) is 0 Å². The van der Waals surface area contributed by atoms with Crippen molar-refractivity contribution in [2.45, 2.75) is 59.1 Å². The Kier molecular flexibility index (Phi) is 6.22. The van der Waals surface area contributed by atoms with Gasteiger partial charge in [-0.3, -0.25) is 4.79 Å². The van der Waals surface area contributed by atoms with E-state index in [9.17, 15) is 9.59 Å². The van der Waals surface area contributed by atoms with Crippen molar-refractivity contribution >= 4 is 29.2 Å². The molecule has 1 amide bonds. The molecule has 0 saturated carbocycles. The number of carbonyl (C=O) groups is 2. The smallest absolute Gasteiger partial charge is 0.410 e. The molecule has 0 unspecified atom stereocenters. The standard InChI is InChI=1S/C20H29ClN2O3/c1-13-17(14(2)24)11-15(21)12-18(13)22(6)16-7-9-23(10-8-16)19(25)26-20(3,4)5/h11-12,16H,7-10H2,1-6H3. The Labute approximate surface area is 161 Å². The van der Waals surface area contributed by atoms with Crippen molar-refractivity contribution < 1.29 is 14.3 Å². The lowest BCUT2D eigenvalue weighted by atomic mass is 9.99. The largest absolute Gasteiger partial charge is 0.444 e. The van der Waals surface area contributed by atoms with Gasteiger partial charge in [0.2, 0.25) is 0 Å². The van der Waals surface area contributed by atoms with Crippen molar-refractivity contribution in [3.63, 3.8) is 0 Å². The second-order valence-electron chi connectivity index (χ2n) is 7.96. The number of likely N-dealkylation sites (tertiary alicyclic amines) is 1. The second-order valence-corrected chi connectivity index (χ2v) is 8.40. The van der Waals surface area contributed by atoms with E-state index in [-0.39, 0.29) is 17.9 Å². The molecule has 26 heavy (non-hydrogen) atoms. The summed E-state index contributed by atoms with van der Waals surface area (Å²) >= 11 is 6.23. The van der Waals surface area contributed by atoms with E-state index >= 15 is 0 Å². The molecular weight excluding hydrogens is 352 g/mol. The molecule has 1 fully saturated rings. The molecule has 5 nitrogen and oxygen atoms in total. The van der Waals surface area contributed by atoms with E-state index in [2.05, 4.69) is 4.90 Å². The highest BCUT2D eigenvalue weighted by Crippen LogP contribution is 2.31. The molecular formula is C20H29ClN2O3. The third-order valence-electron chi connectivity index (χ3n) is 4.77. The van der Waals surface area contributed by atoms with Crippen molar-refractivity contribution in [2.75, 3.05) is 25.0 Å². The lowest BCUT2D eigenvalue weighted by molar-refractivity contribution is 0.0205. The van der Waals surface area contributed by atoms with Crippen molar-refractivity contribution in [1.82, 2.24) is 4.90 Å². The van der Waals surface area contributed by atoms with Gasteiger partial charge in [-0.1, -0.05) is 11.6 Å². The maximum absolute atomic E-state index is 12.2. The Morgan fingerprint density at radius 2 is 1.81 bits per heavy atom. The van der Waals surface area contributed by atoms with Crippen molar-refractivity contribution in [2.24, 2.45) is 0 Å². The quantitative estimate of drug-likeness (QED) is 0.714. The van der Waals surface area contributed by atoms with Crippen molar-refractivity contribution in [1.29, 1.82) is 0 Å². The van der Waals surface area contributed by atoms with Gasteiger partial charge >= 0.3 is 6.09 Å². The maximum atomic E-state index is 12.2. The Bertz CT molecular complexity index is 689. The average Bonchev–Trinajstić information content (AvgIpc) is 2.54. The number of ketones is 1. The SMILES string of the molecule is CC(=O)c1cc(Cl)cc(N(C)C2CCN(C(=O)OC(C)(C)C)CC2)c1C. The summed E-state index contributed by atoms with van der Waals surface area (Å²) in [5.74, 6) is 0.0133. The Morgan fingerprint density at radius 3 is 2.31 bits per heavy atom. The predicted octanol–water partition coefficient (Wildman–Crippen LogP) is 4.69. The van der Waals surface area contributed by atoms with E-state index in [1.54, 1.807) is 17.9 Å². The first-order valence-corrected chi connectivity index (χ1v) is 9.39. The lowest BCUT2D eigenvalue weighted by Gasteiger charge is -2.39. The van der Waals surface area contributed by atoms with Crippen molar-refractivity contribution in [3.8, 4) is 0 Å². The van der Waals surface area contributed by atoms with Crippen LogP contribution in [0.3, 0.4) is 0 Å². The first-order chi connectivity index (χ1) is 12.0. The normalized spacial score (nSPS) is 15.7. The minimum Gasteiger partial charge on any atom is -0.444 e. The minimum atomic E-state index is -0.480. The summed E-state index contributed by atoms with van der Waals surface area (Å²) in [6.45, 7) is 10.4. The summed E-state index contributed by atoms with van der Waals surface area (Å²) in [6.07, 6.45) is 1.44. The third kappa shape index (κ3) is 4.91. The van der Waals surface area contributed by atoms with E-state index < -0.39 is 5.60 Å². The van der Waals surface area contributed by atoms with Gasteiger partial charge in [-0.05, 0) is 65.2 Å². The molecule has 1 heterocycles. The molecule has 1 saturated heterocycles. The van der Waals surface area contributed by atoms with E-state index in [1.165, 1.54) is 0 Å². The number of Topliss-reactive ketones (excluding diaryl/α,β-unsaturated/α-hetero) is 1. The zero-order valence-electron chi connectivity index (χ0n) is 16.6. The van der Waals surface area contributed by atoms with E-state index in [0.717, 1.165) is 24.1 Å². The zero-order valence-corrected chi connectivity index (χ0v) is 17.3. The minimum absolute atomic E-state index is 0.0133. The van der Waals surface area contributed by atoms with E-state index in [4.69, 9.17) is 16.3 Å². The molecule has 1 aliphatic rings. The molecule has 0 N–H and O–H groups in total. The number of carbonyl (C=O) groups excluding carboxylic acids is 2. The highest BCUT2D eigenvalue weighted by atomic mass is 35.5. The van der Waals surface area contributed by atoms with Gasteiger partial charge in [0, 0.05) is 42.5 Å². The molecule has 0 bridgehead atoms. The van der Waals surface area contributed by atoms with Gasteiger partial charge in [0.05, 0.1) is 0 Å². The number of rotatable bonds is 3. The number of benzene rings is 1. The van der Waals surface area contributed by atoms with Crippen LogP contribution in [0.5, 0.6) is 0 Å². The fraction of sp³-hybridized carbons (Fsp3) is 0.600. The summed E-state index contributed by atoms with van der Waals surface area (Å²) in [5.41, 5.74) is 2.09. The van der Waals surface area contributed by atoms with Gasteiger partial charge in [0.25, 0.3) is 0 Å². The van der Waals surface area contributed by atoms with Gasteiger partial charge in [-0.25, -0.2) is 4.79 Å². The first-order valence-electron chi connectivity index (χ1n) is 9.01. The van der Waals surface area contributed by atoms with Crippen LogP contribution in [0.2, 0.25) is 5.02 Å². The number of hydrogen-bond acceptors (Lipinski definition) is 4. The molecule has 0 radical (unpaired) electrons. The molecule has 0 atom stereocenters. The summed E-state index contributed by atoms with van der Waals surface area (Å²) < 4.78 is 5.45. The summed E-state index contributed by atoms with van der Waals surface area (Å²) in [5, 5.41) is 0.564. The second kappa shape index (κ2) is 7.87. The van der Waals surface area contributed by atoms with Crippen LogP contribution in [0.15, 0.2) is 12.1 Å². The van der Waals surface area contributed by atoms with Crippen molar-refractivity contribution in [3.05, 3.63) is 28.3 Å². The van der Waals surface area contributed by atoms with Gasteiger partial charge in [-0.15, -0.1) is 0 Å². The van der Waals surface area contributed by atoms with Gasteiger partial charge in [0.15, 0.2) is 5.78 Å². The monoisotopic (exact) mass is 380 g/mol. The van der Waals surface area contributed by atoms with Crippen LogP contribution < -0.4 is 4.90 Å². The molecule has 2 rings (SSSR count). The fourth-order valence-electron chi connectivity index (χ4n) is 3.36. The third-order valence-corrected chi connectivity index (χ3v) is 4.99. The van der Waals surface area contributed by atoms with Gasteiger partial charge in [-0.2, -0.15) is 0 Å². The van der Waals surface area contributed by atoms with E-state index in [1.807, 2.05) is 40.8 Å². The van der Waals surface area contributed by atoms with Crippen LogP contribution in [0, 0.1) is 6.92 Å². The molecule has 6 heteroatoms. The Morgan fingerprint density at radius 1 is 1.23 bits per heavy atom. The lowest BCUT2D eigenvalue weighted by Crippen LogP contribution is -2.47. The first kappa shape index (κ1) is 20.6. The average molecular weight is 381 g/mol. The van der Waals surface area contributed by atoms with Gasteiger partial charge < -0.3 is 14.5 Å². The summed E-state index contributed by atoms with van der Waals surface area (Å²) in [6, 6.07) is 3.91. The highest BCUT2D eigenvalue weighted by Gasteiger charge is 2.29. The molecule has 1 aromatic carbocycles. The number of amides is 1. The Balaban J connectivity index is 2.08. The molecule has 1 aromatic rings. The summed E-state index contributed by atoms with van der Waals surface area (Å²) in [7, 11) is 2.02. The molecule has 144 valence electrons. The van der Waals surface area contributed by atoms with Gasteiger partial charge in [0.1, 0.15) is 5.60 Å². The number of nitrogens with zero attached hydrogens (tertiary/aromatic N) is 2. The predicted molar refractivity (Wildman–Crippen MR) is 105 cm³/mol. The van der Waals surface area contributed by atoms with Crippen LogP contribution in [-0.4, -0.2) is 48.6 Å². The van der Waals surface area contributed by atoms with Crippen LogP contribution in [-0.2, 0) is 4.74 Å². The van der Waals surface area contributed by atoms with Crippen LogP contribution in [0.4, 0.5) is 10.5 Å². The summed E-state index contributed by atoms with van der Waals surface area (Å²) in [4.78, 5) is 28.0. The topological polar surface area (TPSA) is 49.9 Å². The molecule has 0 aliphatic carbocycles. The van der Waals surface area contributed by atoms with Crippen LogP contribution in [0.1, 0.15) is 56.5 Å². The number of halogens is 1. The molecule has 1 aliphatic heterocycles. The van der Waals surface area contributed by atoms with E-state index in [0.29, 0.717) is 23.7 Å². The Hall–Kier alpha value is -1.75. The number of anilines is 1. The highest BCUT2D eigenvalue weighted by molar-refractivity contribution is 6.31. The zero-order chi connectivity index (χ0) is 19.6. The fourth-order valence-corrected chi connectivity index (χ4v) is 3.57. The maximum Gasteiger partial charge on any atom is 0.410 e. The molecule has 0 aromatic heterocycles.